The molecular weight excluding hydrogens is 534 g/mol. The van der Waals surface area contributed by atoms with Crippen LogP contribution in [-0.2, 0) is 15.1 Å². The number of carbonyl (C=O) groups is 2. The molecule has 2 N–H and O–H groups in total. The Balaban J connectivity index is 1.70. The number of carbonyl (C=O) groups excluding carboxylic acids is 2. The van der Waals surface area contributed by atoms with E-state index in [1.165, 1.54) is 43.3 Å². The third-order valence-electron chi connectivity index (χ3n) is 6.20. The second kappa shape index (κ2) is 10.1. The lowest BCUT2D eigenvalue weighted by Gasteiger charge is -2.37. The van der Waals surface area contributed by atoms with Crippen molar-refractivity contribution in [1.29, 1.82) is 0 Å². The van der Waals surface area contributed by atoms with Crippen molar-refractivity contribution in [1.82, 2.24) is 0 Å². The van der Waals surface area contributed by atoms with Crippen molar-refractivity contribution in [3.8, 4) is 22.6 Å². The smallest absolute Gasteiger partial charge is 0.482 e. The van der Waals surface area contributed by atoms with Gasteiger partial charge < -0.3 is 24.6 Å². The van der Waals surface area contributed by atoms with E-state index in [1.54, 1.807) is 0 Å². The van der Waals surface area contributed by atoms with Gasteiger partial charge in [0.05, 0.1) is 12.8 Å². The van der Waals surface area contributed by atoms with Gasteiger partial charge in [0, 0.05) is 10.9 Å². The van der Waals surface area contributed by atoms with E-state index >= 15 is 0 Å². The predicted octanol–water partition coefficient (Wildman–Crippen LogP) is 6.18. The van der Waals surface area contributed by atoms with Gasteiger partial charge in [0.15, 0.2) is 23.8 Å². The Hall–Kier alpha value is -3.83. The summed E-state index contributed by atoms with van der Waals surface area (Å²) >= 11 is 6.38. The monoisotopic (exact) mass is 553 g/mol. The van der Waals surface area contributed by atoms with Crippen LogP contribution in [0, 0.1) is 5.82 Å². The second-order valence-corrected chi connectivity index (χ2v) is 8.88. The number of hydrogen-bond acceptors (Lipinski definition) is 6. The number of fused-ring (bicyclic) bond motifs is 1. The van der Waals surface area contributed by atoms with E-state index in [4.69, 9.17) is 16.3 Å². The molecule has 2 unspecified atom stereocenters. The number of nitrogens with one attached hydrogen (secondary N) is 1. The van der Waals surface area contributed by atoms with Crippen LogP contribution in [0.15, 0.2) is 54.6 Å². The summed E-state index contributed by atoms with van der Waals surface area (Å²) in [6.07, 6.45) is -6.25. The number of alkyl halides is 3. The number of aliphatic hydroxyl groups is 1. The number of anilines is 1. The van der Waals surface area contributed by atoms with Crippen molar-refractivity contribution in [3.05, 3.63) is 76.6 Å². The van der Waals surface area contributed by atoms with Gasteiger partial charge in [-0.3, -0.25) is 4.79 Å². The van der Waals surface area contributed by atoms with Crippen molar-refractivity contribution in [2.45, 2.75) is 24.6 Å². The zero-order chi connectivity index (χ0) is 27.8. The van der Waals surface area contributed by atoms with Gasteiger partial charge in [-0.2, -0.15) is 13.2 Å². The van der Waals surface area contributed by atoms with Gasteiger partial charge in [0.25, 0.3) is 5.91 Å². The molecule has 4 rings (SSSR count). The molecule has 0 aromatic heterocycles. The fourth-order valence-electron chi connectivity index (χ4n) is 4.16. The minimum absolute atomic E-state index is 0.00304. The molecule has 0 bridgehead atoms. The summed E-state index contributed by atoms with van der Waals surface area (Å²) in [5.74, 6) is -3.23. The van der Waals surface area contributed by atoms with Gasteiger partial charge in [-0.25, -0.2) is 9.18 Å². The summed E-state index contributed by atoms with van der Waals surface area (Å²) in [7, 11) is 1.07. The molecule has 1 aliphatic heterocycles. The van der Waals surface area contributed by atoms with Crippen molar-refractivity contribution < 1.29 is 46.5 Å². The molecule has 0 saturated carbocycles. The van der Waals surface area contributed by atoms with Crippen molar-refractivity contribution >= 4 is 29.4 Å². The van der Waals surface area contributed by atoms with Gasteiger partial charge in [-0.05, 0) is 52.6 Å². The average Bonchev–Trinajstić information content (AvgIpc) is 2.87. The van der Waals surface area contributed by atoms with Gasteiger partial charge in [-0.15, -0.1) is 0 Å². The molecule has 1 amide bonds. The molecule has 0 aliphatic carbocycles. The third-order valence-corrected chi connectivity index (χ3v) is 6.53. The number of hydrogen-bond donors (Lipinski definition) is 2. The Morgan fingerprint density at radius 1 is 1.11 bits per heavy atom. The van der Waals surface area contributed by atoms with Crippen LogP contribution in [0.5, 0.6) is 11.5 Å². The highest BCUT2D eigenvalue weighted by molar-refractivity contribution is 6.31. The van der Waals surface area contributed by atoms with Crippen LogP contribution >= 0.6 is 11.6 Å². The Morgan fingerprint density at radius 3 is 2.42 bits per heavy atom. The molecule has 1 aliphatic rings. The van der Waals surface area contributed by atoms with Crippen molar-refractivity contribution in [3.63, 3.8) is 0 Å². The highest BCUT2D eigenvalue weighted by Crippen LogP contribution is 2.51. The molecule has 1 heterocycles. The first-order valence-electron chi connectivity index (χ1n) is 11.1. The first-order valence-corrected chi connectivity index (χ1v) is 11.4. The summed E-state index contributed by atoms with van der Waals surface area (Å²) in [5, 5.41) is 13.5. The maximum Gasteiger partial charge on any atom is 0.513 e. The fraction of sp³-hybridized carbons (Fsp3) is 0.231. The fourth-order valence-corrected chi connectivity index (χ4v) is 4.50. The minimum Gasteiger partial charge on any atom is -0.482 e. The van der Waals surface area contributed by atoms with E-state index in [9.17, 15) is 32.3 Å². The van der Waals surface area contributed by atoms with Crippen molar-refractivity contribution in [2.24, 2.45) is 0 Å². The summed E-state index contributed by atoms with van der Waals surface area (Å²) in [5.41, 5.74) is -3.29. The second-order valence-electron chi connectivity index (χ2n) is 8.47. The molecule has 2 atom stereocenters. The summed E-state index contributed by atoms with van der Waals surface area (Å²) in [6, 6.07) is 11.1. The lowest BCUT2D eigenvalue weighted by atomic mass is 9.77. The molecular formula is C26H20ClF4NO6. The van der Waals surface area contributed by atoms with Crippen LogP contribution in [0.3, 0.4) is 0 Å². The maximum absolute atomic E-state index is 14.4. The molecule has 12 heteroatoms. The molecule has 200 valence electrons. The van der Waals surface area contributed by atoms with Crippen molar-refractivity contribution in [2.75, 3.05) is 19.0 Å². The third kappa shape index (κ3) is 4.99. The van der Waals surface area contributed by atoms with E-state index in [0.717, 1.165) is 25.3 Å². The highest BCUT2D eigenvalue weighted by atomic mass is 35.5. The topological polar surface area (TPSA) is 94.1 Å². The van der Waals surface area contributed by atoms with Crippen LogP contribution in [-0.4, -0.2) is 37.1 Å². The summed E-state index contributed by atoms with van der Waals surface area (Å²) < 4.78 is 71.8. The molecule has 0 radical (unpaired) electrons. The maximum atomic E-state index is 14.4. The van der Waals surface area contributed by atoms with Crippen LogP contribution < -0.4 is 14.8 Å². The van der Waals surface area contributed by atoms with Gasteiger partial charge >= 0.3 is 12.3 Å². The van der Waals surface area contributed by atoms with E-state index < -0.39 is 41.1 Å². The number of rotatable bonds is 5. The number of methoxy groups -OCH3 is 1. The first kappa shape index (κ1) is 27.2. The van der Waals surface area contributed by atoms with E-state index in [2.05, 4.69) is 14.8 Å². The number of amides is 1. The molecule has 0 spiro atoms. The van der Waals surface area contributed by atoms with E-state index in [1.807, 2.05) is 0 Å². The highest BCUT2D eigenvalue weighted by Gasteiger charge is 2.59. The SMILES string of the molecule is COC(=O)Oc1ccc(-c2ccc(C(C)C(O)(c3ccc4c(c3)NC(=O)CO4)C(F)(F)F)c(Cl)c2)cc1F. The summed E-state index contributed by atoms with van der Waals surface area (Å²) in [4.78, 5) is 22.9. The van der Waals surface area contributed by atoms with Gasteiger partial charge in [0.1, 0.15) is 5.75 Å². The molecule has 3 aromatic rings. The molecule has 7 nitrogen and oxygen atoms in total. The Morgan fingerprint density at radius 2 is 1.79 bits per heavy atom. The van der Waals surface area contributed by atoms with Crippen LogP contribution in [0.2, 0.25) is 5.02 Å². The predicted molar refractivity (Wildman–Crippen MR) is 129 cm³/mol. The van der Waals surface area contributed by atoms with Crippen LogP contribution in [0.25, 0.3) is 11.1 Å². The molecule has 0 saturated heterocycles. The summed E-state index contributed by atoms with van der Waals surface area (Å²) in [6.45, 7) is 0.890. The van der Waals surface area contributed by atoms with Gasteiger partial charge in [0.2, 0.25) is 0 Å². The van der Waals surface area contributed by atoms with E-state index in [0.29, 0.717) is 11.1 Å². The largest absolute Gasteiger partial charge is 0.513 e. The molecule has 3 aromatic carbocycles. The van der Waals surface area contributed by atoms with E-state index in [-0.39, 0.29) is 34.4 Å². The standard InChI is InChI=1S/C26H20ClF4NO6/c1-13(25(35,26(29,30)31)16-5-8-22-20(11-16)32-23(33)12-37-22)17-6-3-14(9-18(17)27)15-4-7-21(19(28)10-15)38-24(34)36-2/h3-11,13,35H,12H2,1-2H3,(H,32,33). The zero-order valence-electron chi connectivity index (χ0n) is 19.9. The number of halogens is 5. The first-order chi connectivity index (χ1) is 17.8. The molecule has 0 fully saturated rings. The quantitative estimate of drug-likeness (QED) is 0.223. The van der Waals surface area contributed by atoms with Crippen LogP contribution in [0.4, 0.5) is 28.0 Å². The Kier molecular flexibility index (Phi) is 7.26. The zero-order valence-corrected chi connectivity index (χ0v) is 20.6. The average molecular weight is 554 g/mol. The number of benzene rings is 3. The van der Waals surface area contributed by atoms with Crippen LogP contribution in [0.1, 0.15) is 24.0 Å². The number of ether oxygens (including phenoxy) is 3. The molecule has 38 heavy (non-hydrogen) atoms. The minimum atomic E-state index is -5.14. The van der Waals surface area contributed by atoms with Gasteiger partial charge in [-0.1, -0.05) is 42.8 Å². The Labute approximate surface area is 218 Å². The normalized spacial score (nSPS) is 15.4. The lowest BCUT2D eigenvalue weighted by Crippen LogP contribution is -2.46. The Bertz CT molecular complexity index is 1410. The lowest BCUT2D eigenvalue weighted by molar-refractivity contribution is -0.274.